The van der Waals surface area contributed by atoms with Gasteiger partial charge >= 0.3 is 6.18 Å². The number of aromatic nitrogens is 2. The molecule has 1 aromatic heterocycles. The van der Waals surface area contributed by atoms with Crippen molar-refractivity contribution in [2.45, 2.75) is 63.8 Å². The van der Waals surface area contributed by atoms with Gasteiger partial charge in [0.15, 0.2) is 5.82 Å². The first-order chi connectivity index (χ1) is 10.7. The van der Waals surface area contributed by atoms with Gasteiger partial charge in [0.05, 0.1) is 0 Å². The maximum atomic E-state index is 12.2. The van der Waals surface area contributed by atoms with Crippen LogP contribution >= 0.6 is 0 Å². The molecule has 0 aliphatic heterocycles. The summed E-state index contributed by atoms with van der Waals surface area (Å²) in [5.41, 5.74) is -0.803. The fraction of sp³-hybridized carbons (Fsp3) is 0.786. The van der Waals surface area contributed by atoms with Gasteiger partial charge in [-0.15, -0.1) is 0 Å². The second-order valence-corrected chi connectivity index (χ2v) is 5.84. The molecule has 9 heteroatoms. The molecule has 0 unspecified atom stereocenters. The van der Waals surface area contributed by atoms with Crippen molar-refractivity contribution in [3.8, 4) is 0 Å². The second-order valence-electron chi connectivity index (χ2n) is 5.84. The Labute approximate surface area is 131 Å². The van der Waals surface area contributed by atoms with Gasteiger partial charge in [0.25, 0.3) is 0 Å². The number of amides is 1. The van der Waals surface area contributed by atoms with E-state index in [0.29, 0.717) is 24.6 Å². The molecule has 2 rings (SSSR count). The van der Waals surface area contributed by atoms with Gasteiger partial charge in [0.1, 0.15) is 18.2 Å². The van der Waals surface area contributed by atoms with Crippen LogP contribution in [-0.2, 0) is 15.1 Å². The molecule has 0 aromatic carbocycles. The quantitative estimate of drug-likeness (QED) is 0.895. The lowest BCUT2D eigenvalue weighted by molar-refractivity contribution is -0.186. The van der Waals surface area contributed by atoms with Crippen LogP contribution in [0.25, 0.3) is 0 Å². The third-order valence-corrected chi connectivity index (χ3v) is 3.89. The molecular formula is C14H20F3N3O3. The zero-order chi connectivity index (χ0) is 17.1. The smallest absolute Gasteiger partial charge is 0.359 e. The maximum absolute atomic E-state index is 12.2. The highest BCUT2D eigenvalue weighted by molar-refractivity contribution is 5.81. The van der Waals surface area contributed by atoms with Gasteiger partial charge in [-0.2, -0.15) is 18.2 Å². The van der Waals surface area contributed by atoms with E-state index in [9.17, 15) is 18.0 Å². The average molecular weight is 335 g/mol. The Balaban J connectivity index is 2.07. The molecule has 1 saturated carbocycles. The number of hydrogen-bond donors (Lipinski definition) is 1. The lowest BCUT2D eigenvalue weighted by Crippen LogP contribution is -2.51. The van der Waals surface area contributed by atoms with Gasteiger partial charge in [-0.3, -0.25) is 4.79 Å². The fourth-order valence-corrected chi connectivity index (χ4v) is 2.69. The van der Waals surface area contributed by atoms with Gasteiger partial charge < -0.3 is 14.6 Å². The summed E-state index contributed by atoms with van der Waals surface area (Å²) in [5.74, 6) is 0.130. The predicted molar refractivity (Wildman–Crippen MR) is 73.4 cm³/mol. The lowest BCUT2D eigenvalue weighted by atomic mass is 9.81. The highest BCUT2D eigenvalue weighted by Gasteiger charge is 2.41. The fourth-order valence-electron chi connectivity index (χ4n) is 2.69. The van der Waals surface area contributed by atoms with Gasteiger partial charge in [-0.05, 0) is 19.8 Å². The Morgan fingerprint density at radius 3 is 2.57 bits per heavy atom. The van der Waals surface area contributed by atoms with Crippen LogP contribution < -0.4 is 5.32 Å². The van der Waals surface area contributed by atoms with Crippen LogP contribution in [0.2, 0.25) is 0 Å². The van der Waals surface area contributed by atoms with E-state index in [-0.39, 0.29) is 0 Å². The molecule has 130 valence electrons. The number of alkyl halides is 3. The van der Waals surface area contributed by atoms with E-state index < -0.39 is 30.3 Å². The molecule has 1 amide bonds. The van der Waals surface area contributed by atoms with Crippen LogP contribution in [0.1, 0.15) is 50.7 Å². The summed E-state index contributed by atoms with van der Waals surface area (Å²) in [6.07, 6.45) is -1.70. The number of nitrogens with one attached hydrogen (secondary N) is 1. The molecule has 1 heterocycles. The van der Waals surface area contributed by atoms with Crippen molar-refractivity contribution in [1.29, 1.82) is 0 Å². The number of hydrogen-bond acceptors (Lipinski definition) is 5. The number of aryl methyl sites for hydroxylation is 1. The van der Waals surface area contributed by atoms with Crippen LogP contribution in [0.3, 0.4) is 0 Å². The molecule has 6 nitrogen and oxygen atoms in total. The third kappa shape index (κ3) is 4.66. The number of halogens is 3. The molecule has 0 saturated heterocycles. The van der Waals surface area contributed by atoms with Crippen molar-refractivity contribution in [2.75, 3.05) is 6.61 Å². The third-order valence-electron chi connectivity index (χ3n) is 3.89. The van der Waals surface area contributed by atoms with Gasteiger partial charge in [-0.1, -0.05) is 24.4 Å². The molecule has 1 aliphatic carbocycles. The van der Waals surface area contributed by atoms with E-state index in [1.165, 1.54) is 6.92 Å². The van der Waals surface area contributed by atoms with Crippen LogP contribution in [0.4, 0.5) is 13.2 Å². The standard InChI is InChI=1S/C14H20F3N3O3/c1-9(22-8-14(15,16)17)11(21)19-13(6-4-3-5-7-13)12-18-10(2)23-20-12/h9H,3-8H2,1-2H3,(H,19,21)/t9-/m0/s1. The van der Waals surface area contributed by atoms with Crippen LogP contribution in [0.15, 0.2) is 4.52 Å². The number of rotatable bonds is 5. The molecule has 1 aliphatic rings. The Morgan fingerprint density at radius 1 is 1.39 bits per heavy atom. The summed E-state index contributed by atoms with van der Waals surface area (Å²) in [7, 11) is 0. The van der Waals surface area contributed by atoms with Crippen LogP contribution in [-0.4, -0.2) is 34.9 Å². The molecule has 0 spiro atoms. The molecule has 23 heavy (non-hydrogen) atoms. The van der Waals surface area contributed by atoms with Crippen molar-refractivity contribution in [1.82, 2.24) is 15.5 Å². The van der Waals surface area contributed by atoms with E-state index in [2.05, 4.69) is 20.2 Å². The molecule has 1 fully saturated rings. The summed E-state index contributed by atoms with van der Waals surface area (Å²) in [4.78, 5) is 16.4. The molecule has 1 atom stereocenters. The Hall–Kier alpha value is -1.64. The average Bonchev–Trinajstić information content (AvgIpc) is 2.92. The SMILES string of the molecule is Cc1nc(C2(NC(=O)[C@H](C)OCC(F)(F)F)CCCCC2)no1. The minimum atomic E-state index is -4.47. The van der Waals surface area contributed by atoms with Crippen LogP contribution in [0, 0.1) is 6.92 Å². The summed E-state index contributed by atoms with van der Waals surface area (Å²) in [6.45, 7) is 1.47. The van der Waals surface area contributed by atoms with E-state index >= 15 is 0 Å². The Bertz CT molecular complexity index is 539. The zero-order valence-electron chi connectivity index (χ0n) is 13.1. The maximum Gasteiger partial charge on any atom is 0.411 e. The van der Waals surface area contributed by atoms with Crippen molar-refractivity contribution in [2.24, 2.45) is 0 Å². The number of ether oxygens (including phenoxy) is 1. The summed E-state index contributed by atoms with van der Waals surface area (Å²) < 4.78 is 46.2. The Kier molecular flexibility index (Phi) is 5.28. The molecular weight excluding hydrogens is 315 g/mol. The zero-order valence-corrected chi connectivity index (χ0v) is 13.1. The first-order valence-corrected chi connectivity index (χ1v) is 7.53. The Morgan fingerprint density at radius 2 is 2.04 bits per heavy atom. The van der Waals surface area contributed by atoms with E-state index in [1.54, 1.807) is 6.92 Å². The number of carbonyl (C=O) groups is 1. The summed E-state index contributed by atoms with van der Waals surface area (Å²) >= 11 is 0. The largest absolute Gasteiger partial charge is 0.411 e. The van der Waals surface area contributed by atoms with Crippen molar-refractivity contribution < 1.29 is 27.2 Å². The summed E-state index contributed by atoms with van der Waals surface area (Å²) in [5, 5.41) is 6.67. The normalized spacial score (nSPS) is 19.3. The molecule has 1 N–H and O–H groups in total. The molecule has 0 bridgehead atoms. The summed E-state index contributed by atoms with van der Waals surface area (Å²) in [6, 6.07) is 0. The van der Waals surface area contributed by atoms with E-state index in [4.69, 9.17) is 4.52 Å². The monoisotopic (exact) mass is 335 g/mol. The molecule has 0 radical (unpaired) electrons. The topological polar surface area (TPSA) is 77.2 Å². The predicted octanol–water partition coefficient (Wildman–Crippen LogP) is 2.62. The van der Waals surface area contributed by atoms with Gasteiger partial charge in [0.2, 0.25) is 11.8 Å². The first-order valence-electron chi connectivity index (χ1n) is 7.53. The molecule has 1 aromatic rings. The van der Waals surface area contributed by atoms with Crippen molar-refractivity contribution in [3.05, 3.63) is 11.7 Å². The minimum Gasteiger partial charge on any atom is -0.359 e. The first kappa shape index (κ1) is 17.7. The van der Waals surface area contributed by atoms with E-state index in [0.717, 1.165) is 19.3 Å². The highest BCUT2D eigenvalue weighted by Crippen LogP contribution is 2.35. The van der Waals surface area contributed by atoms with Crippen molar-refractivity contribution in [3.63, 3.8) is 0 Å². The van der Waals surface area contributed by atoms with Gasteiger partial charge in [0, 0.05) is 6.92 Å². The number of nitrogens with zero attached hydrogens (tertiary/aromatic N) is 2. The lowest BCUT2D eigenvalue weighted by Gasteiger charge is -2.36. The minimum absolute atomic E-state index is 0.367. The van der Waals surface area contributed by atoms with Crippen LogP contribution in [0.5, 0.6) is 0 Å². The highest BCUT2D eigenvalue weighted by atomic mass is 19.4. The van der Waals surface area contributed by atoms with E-state index in [1.807, 2.05) is 0 Å². The second kappa shape index (κ2) is 6.86. The van der Waals surface area contributed by atoms with Gasteiger partial charge in [-0.25, -0.2) is 0 Å². The van der Waals surface area contributed by atoms with Crippen molar-refractivity contribution >= 4 is 5.91 Å². The number of carbonyl (C=O) groups excluding carboxylic acids is 1.